The Hall–Kier alpha value is -2.93. The number of aromatic nitrogens is 2. The van der Waals surface area contributed by atoms with Crippen molar-refractivity contribution in [3.8, 4) is 5.75 Å². The molecule has 8 heteroatoms. The Morgan fingerprint density at radius 2 is 2.12 bits per heavy atom. The fourth-order valence-corrected chi connectivity index (χ4v) is 2.50. The van der Waals surface area contributed by atoms with Crippen LogP contribution in [0.2, 0.25) is 5.02 Å². The molecule has 0 aliphatic rings. The Morgan fingerprint density at radius 3 is 2.84 bits per heavy atom. The molecule has 0 saturated heterocycles. The second kappa shape index (κ2) is 6.90. The molecule has 0 radical (unpaired) electrons. The first-order valence-corrected chi connectivity index (χ1v) is 7.80. The molecule has 0 unspecified atom stereocenters. The molecule has 0 spiro atoms. The van der Waals surface area contributed by atoms with Crippen molar-refractivity contribution in [2.24, 2.45) is 10.2 Å². The number of halogens is 1. The van der Waals surface area contributed by atoms with Crippen molar-refractivity contribution in [2.45, 2.75) is 13.3 Å². The number of methoxy groups -OCH3 is 1. The van der Waals surface area contributed by atoms with Gasteiger partial charge >= 0.3 is 5.97 Å². The van der Waals surface area contributed by atoms with Crippen LogP contribution in [0.15, 0.2) is 46.8 Å². The second-order valence-corrected chi connectivity index (χ2v) is 5.82. The molecule has 0 amide bonds. The van der Waals surface area contributed by atoms with Crippen LogP contribution in [0.3, 0.4) is 0 Å². The zero-order valence-corrected chi connectivity index (χ0v) is 14.4. The van der Waals surface area contributed by atoms with Gasteiger partial charge in [-0.05, 0) is 42.8 Å². The standard InChI is InChI=1S/C17H15ClN4O3/c1-10-7-12(23)4-5-13(10)20-21-17-14(8-16(24)25-2)19-15-6-3-11(18)9-22(15)17/h3-7,9,23H,8H2,1-2H3. The van der Waals surface area contributed by atoms with Crippen molar-refractivity contribution in [3.05, 3.63) is 52.8 Å². The zero-order valence-electron chi connectivity index (χ0n) is 13.6. The van der Waals surface area contributed by atoms with Gasteiger partial charge in [0.25, 0.3) is 0 Å². The number of carbonyl (C=O) groups excluding carboxylic acids is 1. The molecule has 0 aliphatic heterocycles. The van der Waals surface area contributed by atoms with Crippen LogP contribution in [0.1, 0.15) is 11.3 Å². The Bertz CT molecular complexity index is 981. The number of phenolic OH excluding ortho intramolecular Hbond substituents is 1. The molecule has 0 saturated carbocycles. The zero-order chi connectivity index (χ0) is 18.0. The van der Waals surface area contributed by atoms with Gasteiger partial charge in [0, 0.05) is 6.20 Å². The molecular formula is C17H15ClN4O3. The van der Waals surface area contributed by atoms with Gasteiger partial charge in [-0.25, -0.2) is 4.98 Å². The predicted octanol–water partition coefficient (Wildman–Crippen LogP) is 4.13. The van der Waals surface area contributed by atoms with E-state index in [0.29, 0.717) is 27.9 Å². The maximum absolute atomic E-state index is 11.6. The third-order valence-corrected chi connectivity index (χ3v) is 3.82. The van der Waals surface area contributed by atoms with Crippen LogP contribution in [0, 0.1) is 6.92 Å². The molecule has 3 aromatic rings. The van der Waals surface area contributed by atoms with Crippen LogP contribution >= 0.6 is 11.6 Å². The van der Waals surface area contributed by atoms with E-state index in [1.165, 1.54) is 13.2 Å². The lowest BCUT2D eigenvalue weighted by Gasteiger charge is -2.01. The lowest BCUT2D eigenvalue weighted by atomic mass is 10.2. The van der Waals surface area contributed by atoms with E-state index >= 15 is 0 Å². The molecule has 3 rings (SSSR count). The largest absolute Gasteiger partial charge is 0.508 e. The third-order valence-electron chi connectivity index (χ3n) is 3.60. The number of hydrogen-bond acceptors (Lipinski definition) is 6. The van der Waals surface area contributed by atoms with E-state index in [9.17, 15) is 9.90 Å². The van der Waals surface area contributed by atoms with Crippen molar-refractivity contribution in [2.75, 3.05) is 7.11 Å². The number of fused-ring (bicyclic) bond motifs is 1. The molecule has 0 atom stereocenters. The van der Waals surface area contributed by atoms with Gasteiger partial charge in [0.2, 0.25) is 0 Å². The molecule has 1 aromatic carbocycles. The number of phenols is 1. The van der Waals surface area contributed by atoms with Gasteiger partial charge in [-0.2, -0.15) is 0 Å². The van der Waals surface area contributed by atoms with E-state index in [4.69, 9.17) is 16.3 Å². The Labute approximate surface area is 148 Å². The Morgan fingerprint density at radius 1 is 1.32 bits per heavy atom. The van der Waals surface area contributed by atoms with Crippen LogP contribution in [0.4, 0.5) is 11.5 Å². The quantitative estimate of drug-likeness (QED) is 0.561. The van der Waals surface area contributed by atoms with Gasteiger partial charge in [0.05, 0.1) is 29.9 Å². The summed E-state index contributed by atoms with van der Waals surface area (Å²) in [4.78, 5) is 16.0. The molecule has 0 aliphatic carbocycles. The van der Waals surface area contributed by atoms with Crippen molar-refractivity contribution >= 4 is 34.7 Å². The highest BCUT2D eigenvalue weighted by Crippen LogP contribution is 2.28. The van der Waals surface area contributed by atoms with E-state index < -0.39 is 5.97 Å². The topological polar surface area (TPSA) is 88.5 Å². The minimum atomic E-state index is -0.424. The number of aryl methyl sites for hydroxylation is 1. The Balaban J connectivity index is 2.08. The van der Waals surface area contributed by atoms with Crippen molar-refractivity contribution < 1.29 is 14.6 Å². The van der Waals surface area contributed by atoms with Crippen LogP contribution in [0.5, 0.6) is 5.75 Å². The second-order valence-electron chi connectivity index (χ2n) is 5.38. The number of imidazole rings is 1. The number of nitrogens with zero attached hydrogens (tertiary/aromatic N) is 4. The van der Waals surface area contributed by atoms with Crippen molar-refractivity contribution in [3.63, 3.8) is 0 Å². The van der Waals surface area contributed by atoms with E-state index in [1.807, 2.05) is 6.92 Å². The summed E-state index contributed by atoms with van der Waals surface area (Å²) in [6.07, 6.45) is 1.63. The highest BCUT2D eigenvalue weighted by molar-refractivity contribution is 6.30. The highest BCUT2D eigenvalue weighted by atomic mass is 35.5. The van der Waals surface area contributed by atoms with Gasteiger partial charge in [-0.3, -0.25) is 9.20 Å². The highest BCUT2D eigenvalue weighted by Gasteiger charge is 2.16. The first kappa shape index (κ1) is 16.9. The number of carbonyl (C=O) groups is 1. The average Bonchev–Trinajstić information content (AvgIpc) is 2.90. The summed E-state index contributed by atoms with van der Waals surface area (Å²) in [5.41, 5.74) is 2.40. The van der Waals surface area contributed by atoms with Crippen molar-refractivity contribution in [1.29, 1.82) is 0 Å². The van der Waals surface area contributed by atoms with Crippen molar-refractivity contribution in [1.82, 2.24) is 9.38 Å². The molecule has 25 heavy (non-hydrogen) atoms. The first-order valence-electron chi connectivity index (χ1n) is 7.42. The molecule has 7 nitrogen and oxygen atoms in total. The Kier molecular flexibility index (Phi) is 4.67. The number of pyridine rings is 1. The number of benzene rings is 1. The lowest BCUT2D eigenvalue weighted by Crippen LogP contribution is -2.04. The maximum atomic E-state index is 11.6. The van der Waals surface area contributed by atoms with Crippen LogP contribution in [-0.2, 0) is 16.0 Å². The molecule has 0 fully saturated rings. The normalized spacial score (nSPS) is 11.3. The van der Waals surface area contributed by atoms with E-state index in [1.54, 1.807) is 34.9 Å². The number of ether oxygens (including phenoxy) is 1. The number of esters is 1. The molecule has 0 bridgehead atoms. The van der Waals surface area contributed by atoms with Gasteiger partial charge in [-0.15, -0.1) is 10.2 Å². The molecule has 128 valence electrons. The first-order chi connectivity index (χ1) is 12.0. The summed E-state index contributed by atoms with van der Waals surface area (Å²) in [5.74, 6) is 0.131. The van der Waals surface area contributed by atoms with Crippen LogP contribution in [-0.4, -0.2) is 27.6 Å². The fourth-order valence-electron chi connectivity index (χ4n) is 2.34. The van der Waals surface area contributed by atoms with Gasteiger partial charge in [0.1, 0.15) is 11.4 Å². The summed E-state index contributed by atoms with van der Waals surface area (Å²) in [6.45, 7) is 1.81. The summed E-state index contributed by atoms with van der Waals surface area (Å²) >= 11 is 6.05. The fraction of sp³-hybridized carbons (Fsp3) is 0.176. The number of aromatic hydroxyl groups is 1. The van der Waals surface area contributed by atoms with Gasteiger partial charge < -0.3 is 9.84 Å². The SMILES string of the molecule is COC(=O)Cc1nc2ccc(Cl)cn2c1N=Nc1ccc(O)cc1C. The maximum Gasteiger partial charge on any atom is 0.311 e. The predicted molar refractivity (Wildman–Crippen MR) is 92.9 cm³/mol. The average molecular weight is 359 g/mol. The van der Waals surface area contributed by atoms with Crippen LogP contribution in [0.25, 0.3) is 5.65 Å². The lowest BCUT2D eigenvalue weighted by molar-refractivity contribution is -0.139. The summed E-state index contributed by atoms with van der Waals surface area (Å²) < 4.78 is 6.38. The van der Waals surface area contributed by atoms with Gasteiger partial charge in [0.15, 0.2) is 5.82 Å². The van der Waals surface area contributed by atoms with E-state index in [2.05, 4.69) is 15.2 Å². The summed E-state index contributed by atoms with van der Waals surface area (Å²) in [5, 5.41) is 18.5. The number of azo groups is 1. The van der Waals surface area contributed by atoms with E-state index in [0.717, 1.165) is 5.56 Å². The minimum Gasteiger partial charge on any atom is -0.508 e. The van der Waals surface area contributed by atoms with Crippen LogP contribution < -0.4 is 0 Å². The van der Waals surface area contributed by atoms with E-state index in [-0.39, 0.29) is 12.2 Å². The third kappa shape index (κ3) is 3.61. The molecule has 1 N–H and O–H groups in total. The smallest absolute Gasteiger partial charge is 0.311 e. The van der Waals surface area contributed by atoms with Gasteiger partial charge in [-0.1, -0.05) is 11.6 Å². The summed E-state index contributed by atoms with van der Waals surface area (Å²) in [6, 6.07) is 8.21. The molecule has 2 aromatic heterocycles. The minimum absolute atomic E-state index is 0.0291. The number of hydrogen-bond donors (Lipinski definition) is 1. The summed E-state index contributed by atoms with van der Waals surface area (Å²) in [7, 11) is 1.32. The molecular weight excluding hydrogens is 344 g/mol. The monoisotopic (exact) mass is 358 g/mol. The number of rotatable bonds is 4. The molecule has 2 heterocycles.